The van der Waals surface area contributed by atoms with E-state index in [1.54, 1.807) is 6.07 Å². The lowest BCUT2D eigenvalue weighted by atomic mass is 10.0. The zero-order chi connectivity index (χ0) is 15.6. The molecule has 0 fully saturated rings. The lowest BCUT2D eigenvalue weighted by Crippen LogP contribution is -2.02. The Hall–Kier alpha value is -3.29. The summed E-state index contributed by atoms with van der Waals surface area (Å²) in [5.41, 5.74) is -0.433. The van der Waals surface area contributed by atoms with Gasteiger partial charge in [0.2, 0.25) is 0 Å². The molecule has 0 heterocycles. The van der Waals surface area contributed by atoms with E-state index in [9.17, 15) is 25.0 Å². The molecule has 0 amide bonds. The number of carboxylic acid groups (broad SMARTS) is 1. The molecule has 1 N–H and O–H groups in total. The van der Waals surface area contributed by atoms with Crippen molar-refractivity contribution in [2.75, 3.05) is 0 Å². The fourth-order valence-corrected chi connectivity index (χ4v) is 1.84. The Kier molecular flexibility index (Phi) is 3.61. The number of carboxylic acids is 1. The van der Waals surface area contributed by atoms with Gasteiger partial charge in [-0.05, 0) is 17.2 Å². The van der Waals surface area contributed by atoms with Gasteiger partial charge in [-0.2, -0.15) is 0 Å². The summed E-state index contributed by atoms with van der Waals surface area (Å²) >= 11 is 0. The topological polar surface area (TPSA) is 124 Å². The Labute approximate surface area is 117 Å². The SMILES string of the molecule is O=C(O)c1ccc(-c2cccc([N+](=O)[O-])c2)cc1[N+](=O)[O-]. The molecule has 0 spiro atoms. The van der Waals surface area contributed by atoms with Crippen molar-refractivity contribution in [1.82, 2.24) is 0 Å². The van der Waals surface area contributed by atoms with Crippen LogP contribution in [0, 0.1) is 20.2 Å². The third kappa shape index (κ3) is 2.84. The monoisotopic (exact) mass is 288 g/mol. The number of non-ortho nitro benzene ring substituents is 1. The number of benzene rings is 2. The Bertz CT molecular complexity index is 756. The van der Waals surface area contributed by atoms with E-state index in [1.807, 2.05) is 0 Å². The van der Waals surface area contributed by atoms with Gasteiger partial charge in [0.05, 0.1) is 9.85 Å². The van der Waals surface area contributed by atoms with Crippen molar-refractivity contribution in [3.63, 3.8) is 0 Å². The van der Waals surface area contributed by atoms with Crippen LogP contribution in [-0.2, 0) is 0 Å². The molecule has 0 aromatic heterocycles. The molecule has 0 saturated carbocycles. The van der Waals surface area contributed by atoms with E-state index in [2.05, 4.69) is 0 Å². The number of hydrogen-bond acceptors (Lipinski definition) is 5. The third-order valence-corrected chi connectivity index (χ3v) is 2.82. The van der Waals surface area contributed by atoms with E-state index < -0.39 is 27.1 Å². The van der Waals surface area contributed by atoms with Crippen molar-refractivity contribution in [1.29, 1.82) is 0 Å². The van der Waals surface area contributed by atoms with Crippen LogP contribution in [0.25, 0.3) is 11.1 Å². The maximum absolute atomic E-state index is 10.9. The summed E-state index contributed by atoms with van der Waals surface area (Å²) in [5.74, 6) is -1.41. The van der Waals surface area contributed by atoms with Gasteiger partial charge in [-0.15, -0.1) is 0 Å². The summed E-state index contributed by atoms with van der Waals surface area (Å²) in [6, 6.07) is 9.12. The first-order valence-corrected chi connectivity index (χ1v) is 5.66. The van der Waals surface area contributed by atoms with Crippen molar-refractivity contribution in [3.05, 3.63) is 68.3 Å². The third-order valence-electron chi connectivity index (χ3n) is 2.82. The molecule has 21 heavy (non-hydrogen) atoms. The van der Waals surface area contributed by atoms with Crippen LogP contribution < -0.4 is 0 Å². The summed E-state index contributed by atoms with van der Waals surface area (Å²) < 4.78 is 0. The van der Waals surface area contributed by atoms with Crippen LogP contribution in [0.1, 0.15) is 10.4 Å². The van der Waals surface area contributed by atoms with Crippen LogP contribution in [0.2, 0.25) is 0 Å². The number of carbonyl (C=O) groups is 1. The maximum atomic E-state index is 10.9. The molecule has 2 aromatic carbocycles. The Balaban J connectivity index is 2.58. The molecule has 0 atom stereocenters. The first-order chi connectivity index (χ1) is 9.90. The standard InChI is InChI=1S/C13H8N2O6/c16-13(17)11-5-4-9(7-12(11)15(20)21)8-2-1-3-10(6-8)14(18)19/h1-7H,(H,16,17). The molecular formula is C13H8N2O6. The molecule has 8 heteroatoms. The molecule has 0 unspecified atom stereocenters. The summed E-state index contributed by atoms with van der Waals surface area (Å²) in [6.07, 6.45) is 0. The lowest BCUT2D eigenvalue weighted by molar-refractivity contribution is -0.385. The molecule has 0 bridgehead atoms. The van der Waals surface area contributed by atoms with E-state index in [1.165, 1.54) is 24.3 Å². The van der Waals surface area contributed by atoms with Gasteiger partial charge in [0.1, 0.15) is 5.56 Å². The van der Waals surface area contributed by atoms with Gasteiger partial charge in [-0.1, -0.05) is 18.2 Å². The highest BCUT2D eigenvalue weighted by atomic mass is 16.6. The van der Waals surface area contributed by atoms with Crippen molar-refractivity contribution < 1.29 is 19.7 Å². The summed E-state index contributed by atoms with van der Waals surface area (Å²) in [5, 5.41) is 30.5. The minimum atomic E-state index is -1.41. The van der Waals surface area contributed by atoms with Crippen LogP contribution in [0.4, 0.5) is 11.4 Å². The van der Waals surface area contributed by atoms with E-state index in [4.69, 9.17) is 5.11 Å². The Morgan fingerprint density at radius 2 is 1.62 bits per heavy atom. The molecule has 0 aliphatic rings. The normalized spacial score (nSPS) is 10.1. The van der Waals surface area contributed by atoms with Crippen molar-refractivity contribution >= 4 is 17.3 Å². The number of nitro benzene ring substituents is 2. The van der Waals surface area contributed by atoms with Gasteiger partial charge in [0, 0.05) is 18.2 Å². The number of hydrogen-bond donors (Lipinski definition) is 1. The van der Waals surface area contributed by atoms with Gasteiger partial charge < -0.3 is 5.11 Å². The molecule has 8 nitrogen and oxygen atoms in total. The van der Waals surface area contributed by atoms with Crippen molar-refractivity contribution in [2.24, 2.45) is 0 Å². The molecule has 0 aliphatic heterocycles. The predicted molar refractivity (Wildman–Crippen MR) is 72.1 cm³/mol. The Morgan fingerprint density at radius 3 is 2.19 bits per heavy atom. The fraction of sp³-hybridized carbons (Fsp3) is 0. The zero-order valence-corrected chi connectivity index (χ0v) is 10.4. The summed E-state index contributed by atoms with van der Waals surface area (Å²) in [7, 11) is 0. The molecule has 0 saturated heterocycles. The fourth-order valence-electron chi connectivity index (χ4n) is 1.84. The average Bonchev–Trinajstić information content (AvgIpc) is 2.46. The van der Waals surface area contributed by atoms with Crippen LogP contribution in [0.5, 0.6) is 0 Å². The second-order valence-electron chi connectivity index (χ2n) is 4.10. The molecule has 106 valence electrons. The maximum Gasteiger partial charge on any atom is 0.342 e. The smallest absolute Gasteiger partial charge is 0.342 e. The average molecular weight is 288 g/mol. The van der Waals surface area contributed by atoms with Gasteiger partial charge >= 0.3 is 5.97 Å². The highest BCUT2D eigenvalue weighted by molar-refractivity contribution is 5.93. The largest absolute Gasteiger partial charge is 0.477 e. The number of nitrogens with zero attached hydrogens (tertiary/aromatic N) is 2. The van der Waals surface area contributed by atoms with Gasteiger partial charge in [-0.25, -0.2) is 4.79 Å². The minimum Gasteiger partial charge on any atom is -0.477 e. The zero-order valence-electron chi connectivity index (χ0n) is 10.4. The molecule has 0 radical (unpaired) electrons. The van der Waals surface area contributed by atoms with Gasteiger partial charge in [-0.3, -0.25) is 20.2 Å². The minimum absolute atomic E-state index is 0.155. The second-order valence-corrected chi connectivity index (χ2v) is 4.10. The van der Waals surface area contributed by atoms with E-state index in [0.29, 0.717) is 11.1 Å². The summed E-state index contributed by atoms with van der Waals surface area (Å²) in [4.78, 5) is 31.2. The second kappa shape index (κ2) is 5.37. The number of nitro groups is 2. The number of aromatic carboxylic acids is 1. The molecule has 2 aromatic rings. The van der Waals surface area contributed by atoms with Crippen molar-refractivity contribution in [2.45, 2.75) is 0 Å². The van der Waals surface area contributed by atoms with Crippen LogP contribution in [0.3, 0.4) is 0 Å². The molecular weight excluding hydrogens is 280 g/mol. The van der Waals surface area contributed by atoms with Crippen LogP contribution in [0.15, 0.2) is 42.5 Å². The van der Waals surface area contributed by atoms with Crippen molar-refractivity contribution in [3.8, 4) is 11.1 Å². The van der Waals surface area contributed by atoms with E-state index in [-0.39, 0.29) is 5.69 Å². The molecule has 0 aliphatic carbocycles. The highest BCUT2D eigenvalue weighted by Gasteiger charge is 2.20. The first kappa shape index (κ1) is 14.1. The summed E-state index contributed by atoms with van der Waals surface area (Å²) in [6.45, 7) is 0. The van der Waals surface area contributed by atoms with E-state index >= 15 is 0 Å². The van der Waals surface area contributed by atoms with Crippen LogP contribution >= 0.6 is 0 Å². The number of rotatable bonds is 4. The lowest BCUT2D eigenvalue weighted by Gasteiger charge is -2.04. The highest BCUT2D eigenvalue weighted by Crippen LogP contribution is 2.29. The first-order valence-electron chi connectivity index (χ1n) is 5.66. The van der Waals surface area contributed by atoms with E-state index in [0.717, 1.165) is 12.1 Å². The molecule has 2 rings (SSSR count). The van der Waals surface area contributed by atoms with Gasteiger partial charge in [0.15, 0.2) is 0 Å². The Morgan fingerprint density at radius 1 is 0.952 bits per heavy atom. The van der Waals surface area contributed by atoms with Gasteiger partial charge in [0.25, 0.3) is 11.4 Å². The van der Waals surface area contributed by atoms with Crippen LogP contribution in [-0.4, -0.2) is 20.9 Å². The predicted octanol–water partition coefficient (Wildman–Crippen LogP) is 2.87. The quantitative estimate of drug-likeness (QED) is 0.681.